The predicted octanol–water partition coefficient (Wildman–Crippen LogP) is 3.04. The van der Waals surface area contributed by atoms with Gasteiger partial charge in [0.05, 0.1) is 11.8 Å². The molecule has 0 aromatic carbocycles. The number of aryl methyl sites for hydroxylation is 1. The maximum atomic E-state index is 11.9. The number of carboxylic acid groups (broad SMARTS) is 1. The minimum atomic E-state index is -1.01. The number of nitrogens with one attached hydrogen (secondary N) is 1. The zero-order valence-electron chi connectivity index (χ0n) is 11.5. The molecule has 0 saturated carbocycles. The van der Waals surface area contributed by atoms with E-state index in [2.05, 4.69) is 5.32 Å². The highest BCUT2D eigenvalue weighted by Gasteiger charge is 2.19. The molecule has 1 aliphatic heterocycles. The van der Waals surface area contributed by atoms with E-state index >= 15 is 0 Å². The van der Waals surface area contributed by atoms with Crippen LogP contribution in [-0.2, 0) is 9.53 Å². The molecule has 6 heteroatoms. The van der Waals surface area contributed by atoms with Gasteiger partial charge in [0.25, 0.3) is 0 Å². The van der Waals surface area contributed by atoms with Crippen molar-refractivity contribution in [2.45, 2.75) is 45.1 Å². The standard InChI is InChI=1S/C14H19NO4S/c1-9-8-20-13(14(17)18)12(9)15-11(16)6-5-10-4-2-3-7-19-10/h8,10H,2-7H2,1H3,(H,15,16)(H,17,18). The zero-order valence-corrected chi connectivity index (χ0v) is 12.3. The molecule has 110 valence electrons. The van der Waals surface area contributed by atoms with Gasteiger partial charge in [0, 0.05) is 13.0 Å². The molecule has 20 heavy (non-hydrogen) atoms. The number of hydrogen-bond acceptors (Lipinski definition) is 4. The van der Waals surface area contributed by atoms with Crippen LogP contribution in [-0.4, -0.2) is 29.7 Å². The van der Waals surface area contributed by atoms with E-state index in [9.17, 15) is 9.59 Å². The maximum absolute atomic E-state index is 11.9. The van der Waals surface area contributed by atoms with E-state index in [0.29, 0.717) is 18.5 Å². The molecular weight excluding hydrogens is 278 g/mol. The molecule has 2 rings (SSSR count). The quantitative estimate of drug-likeness (QED) is 0.876. The van der Waals surface area contributed by atoms with Crippen LogP contribution in [0.5, 0.6) is 0 Å². The Morgan fingerprint density at radius 1 is 1.50 bits per heavy atom. The Hall–Kier alpha value is -1.40. The Morgan fingerprint density at radius 3 is 2.95 bits per heavy atom. The zero-order chi connectivity index (χ0) is 14.5. The number of carboxylic acids is 1. The van der Waals surface area contributed by atoms with Crippen molar-refractivity contribution in [3.63, 3.8) is 0 Å². The molecule has 1 aromatic heterocycles. The number of hydrogen-bond donors (Lipinski definition) is 2. The lowest BCUT2D eigenvalue weighted by Crippen LogP contribution is -2.22. The fourth-order valence-electron chi connectivity index (χ4n) is 2.29. The number of rotatable bonds is 5. The van der Waals surface area contributed by atoms with Crippen LogP contribution in [0, 0.1) is 6.92 Å². The molecule has 2 N–H and O–H groups in total. The van der Waals surface area contributed by atoms with E-state index in [1.165, 1.54) is 0 Å². The minimum Gasteiger partial charge on any atom is -0.477 e. The molecule has 0 bridgehead atoms. The van der Waals surface area contributed by atoms with Crippen molar-refractivity contribution >= 4 is 28.9 Å². The first-order valence-corrected chi connectivity index (χ1v) is 7.68. The maximum Gasteiger partial charge on any atom is 0.348 e. The first-order valence-electron chi connectivity index (χ1n) is 6.80. The third-order valence-corrected chi connectivity index (χ3v) is 4.49. The van der Waals surface area contributed by atoms with Crippen LogP contribution in [0.1, 0.15) is 47.3 Å². The number of aromatic carboxylic acids is 1. The molecule has 1 atom stereocenters. The molecule has 1 aliphatic rings. The van der Waals surface area contributed by atoms with Crippen molar-refractivity contribution in [3.8, 4) is 0 Å². The van der Waals surface area contributed by atoms with Crippen LogP contribution in [0.2, 0.25) is 0 Å². The van der Waals surface area contributed by atoms with Crippen LogP contribution in [0.3, 0.4) is 0 Å². The van der Waals surface area contributed by atoms with Crippen LogP contribution in [0.4, 0.5) is 5.69 Å². The van der Waals surface area contributed by atoms with Gasteiger partial charge in [-0.05, 0) is 43.6 Å². The predicted molar refractivity (Wildman–Crippen MR) is 77.5 cm³/mol. The van der Waals surface area contributed by atoms with Gasteiger partial charge in [-0.1, -0.05) is 0 Å². The van der Waals surface area contributed by atoms with Gasteiger partial charge in [0.1, 0.15) is 4.88 Å². The van der Waals surface area contributed by atoms with Crippen LogP contribution in [0.25, 0.3) is 0 Å². The topological polar surface area (TPSA) is 75.6 Å². The van der Waals surface area contributed by atoms with Crippen molar-refractivity contribution in [2.24, 2.45) is 0 Å². The largest absolute Gasteiger partial charge is 0.477 e. The second-order valence-corrected chi connectivity index (χ2v) is 5.88. The van der Waals surface area contributed by atoms with Crippen molar-refractivity contribution in [1.29, 1.82) is 0 Å². The summed E-state index contributed by atoms with van der Waals surface area (Å²) in [6.07, 6.45) is 4.47. The molecule has 0 radical (unpaired) electrons. The number of carbonyl (C=O) groups is 2. The average molecular weight is 297 g/mol. The molecule has 2 heterocycles. The van der Waals surface area contributed by atoms with Crippen molar-refractivity contribution in [2.75, 3.05) is 11.9 Å². The van der Waals surface area contributed by atoms with E-state index in [1.807, 2.05) is 0 Å². The number of anilines is 1. The Morgan fingerprint density at radius 2 is 2.30 bits per heavy atom. The van der Waals surface area contributed by atoms with E-state index in [0.717, 1.165) is 42.8 Å². The molecule has 1 saturated heterocycles. The summed E-state index contributed by atoms with van der Waals surface area (Å²) < 4.78 is 5.58. The second-order valence-electron chi connectivity index (χ2n) is 5.00. The minimum absolute atomic E-state index is 0.150. The van der Waals surface area contributed by atoms with Gasteiger partial charge < -0.3 is 15.2 Å². The van der Waals surface area contributed by atoms with Gasteiger partial charge in [0.2, 0.25) is 5.91 Å². The lowest BCUT2D eigenvalue weighted by atomic mass is 10.0. The molecular formula is C14H19NO4S. The van der Waals surface area contributed by atoms with Gasteiger partial charge >= 0.3 is 5.97 Å². The van der Waals surface area contributed by atoms with Gasteiger partial charge in [-0.15, -0.1) is 11.3 Å². The SMILES string of the molecule is Cc1csc(C(=O)O)c1NC(=O)CCC1CCCCO1. The summed E-state index contributed by atoms with van der Waals surface area (Å²) in [4.78, 5) is 23.2. The number of thiophene rings is 1. The summed E-state index contributed by atoms with van der Waals surface area (Å²) in [6.45, 7) is 2.57. The first-order chi connectivity index (χ1) is 9.58. The van der Waals surface area contributed by atoms with E-state index < -0.39 is 5.97 Å². The lowest BCUT2D eigenvalue weighted by Gasteiger charge is -2.22. The van der Waals surface area contributed by atoms with Crippen LogP contribution < -0.4 is 5.32 Å². The van der Waals surface area contributed by atoms with E-state index in [4.69, 9.17) is 9.84 Å². The number of amides is 1. The normalized spacial score (nSPS) is 18.8. The molecule has 0 aliphatic carbocycles. The average Bonchev–Trinajstić information content (AvgIpc) is 2.79. The van der Waals surface area contributed by atoms with Crippen LogP contribution >= 0.6 is 11.3 Å². The third kappa shape index (κ3) is 3.80. The highest BCUT2D eigenvalue weighted by atomic mass is 32.1. The summed E-state index contributed by atoms with van der Waals surface area (Å²) in [5, 5.41) is 13.5. The number of carbonyl (C=O) groups excluding carboxylic acids is 1. The van der Waals surface area contributed by atoms with E-state index in [-0.39, 0.29) is 16.9 Å². The summed E-state index contributed by atoms with van der Waals surface area (Å²) in [5.74, 6) is -1.16. The van der Waals surface area contributed by atoms with Gasteiger partial charge in [-0.3, -0.25) is 4.79 Å². The highest BCUT2D eigenvalue weighted by Crippen LogP contribution is 2.28. The monoisotopic (exact) mass is 297 g/mol. The van der Waals surface area contributed by atoms with Crippen molar-refractivity contribution < 1.29 is 19.4 Å². The third-order valence-electron chi connectivity index (χ3n) is 3.40. The van der Waals surface area contributed by atoms with Gasteiger partial charge in [-0.25, -0.2) is 4.79 Å². The van der Waals surface area contributed by atoms with E-state index in [1.54, 1.807) is 12.3 Å². The Balaban J connectivity index is 1.88. The molecule has 1 fully saturated rings. The Kier molecular flexibility index (Phi) is 5.14. The molecule has 1 unspecified atom stereocenters. The fraction of sp³-hybridized carbons (Fsp3) is 0.571. The number of ether oxygens (including phenoxy) is 1. The summed E-state index contributed by atoms with van der Waals surface area (Å²) in [5.41, 5.74) is 1.21. The molecule has 1 amide bonds. The van der Waals surface area contributed by atoms with Gasteiger partial charge in [0.15, 0.2) is 0 Å². The summed E-state index contributed by atoms with van der Waals surface area (Å²) in [6, 6.07) is 0. The molecule has 5 nitrogen and oxygen atoms in total. The van der Waals surface area contributed by atoms with Gasteiger partial charge in [-0.2, -0.15) is 0 Å². The van der Waals surface area contributed by atoms with Crippen LogP contribution in [0.15, 0.2) is 5.38 Å². The Labute approximate surface area is 121 Å². The summed E-state index contributed by atoms with van der Waals surface area (Å²) in [7, 11) is 0. The fourth-order valence-corrected chi connectivity index (χ4v) is 3.13. The smallest absolute Gasteiger partial charge is 0.348 e. The van der Waals surface area contributed by atoms with Crippen molar-refractivity contribution in [1.82, 2.24) is 0 Å². The molecule has 0 spiro atoms. The highest BCUT2D eigenvalue weighted by molar-refractivity contribution is 7.12. The van der Waals surface area contributed by atoms with Crippen molar-refractivity contribution in [3.05, 3.63) is 15.8 Å². The molecule has 1 aromatic rings. The lowest BCUT2D eigenvalue weighted by molar-refractivity contribution is -0.117. The second kappa shape index (κ2) is 6.85. The Bertz CT molecular complexity index is 491. The summed E-state index contributed by atoms with van der Waals surface area (Å²) >= 11 is 1.13. The first kappa shape index (κ1) is 15.0.